The normalized spacial score (nSPS) is 17.7. The zero-order chi connectivity index (χ0) is 20.8. The number of urea groups is 1. The lowest BCUT2D eigenvalue weighted by Gasteiger charge is -2.40. The highest BCUT2D eigenvalue weighted by molar-refractivity contribution is 5.72. The number of rotatable bonds is 7. The van der Waals surface area contributed by atoms with E-state index in [0.29, 0.717) is 6.54 Å². The van der Waals surface area contributed by atoms with E-state index in [-0.39, 0.29) is 29.6 Å². The number of carbonyl (C=O) groups is 1. The number of primary amides is 1. The van der Waals surface area contributed by atoms with Gasteiger partial charge in [-0.05, 0) is 61.2 Å². The summed E-state index contributed by atoms with van der Waals surface area (Å²) < 4.78 is 26.7. The minimum atomic E-state index is -0.343. The Morgan fingerprint density at radius 1 is 1.03 bits per heavy atom. The molecule has 1 atom stereocenters. The molecule has 0 radical (unpaired) electrons. The molecule has 0 aliphatic carbocycles. The van der Waals surface area contributed by atoms with Crippen LogP contribution in [-0.2, 0) is 0 Å². The number of piperazine rings is 1. The third-order valence-corrected chi connectivity index (χ3v) is 5.83. The molecule has 156 valence electrons. The van der Waals surface area contributed by atoms with Crippen LogP contribution in [0.1, 0.15) is 43.2 Å². The largest absolute Gasteiger partial charge is 0.351 e. The lowest BCUT2D eigenvalue weighted by Crippen LogP contribution is -2.56. The lowest BCUT2D eigenvalue weighted by molar-refractivity contribution is 0.0950. The molecule has 29 heavy (non-hydrogen) atoms. The van der Waals surface area contributed by atoms with Gasteiger partial charge in [-0.25, -0.2) is 13.6 Å². The molecule has 2 amide bonds. The molecule has 2 N–H and O–H groups in total. The van der Waals surface area contributed by atoms with E-state index in [1.54, 1.807) is 4.90 Å². The van der Waals surface area contributed by atoms with Crippen molar-refractivity contribution in [3.05, 3.63) is 71.3 Å². The Kier molecular flexibility index (Phi) is 7.20. The number of hydrogen-bond acceptors (Lipinski definition) is 2. The number of halogens is 2. The van der Waals surface area contributed by atoms with Crippen LogP contribution in [0.3, 0.4) is 0 Å². The molecule has 0 saturated carbocycles. The fourth-order valence-corrected chi connectivity index (χ4v) is 4.20. The van der Waals surface area contributed by atoms with Crippen LogP contribution in [0.15, 0.2) is 48.5 Å². The molecular weight excluding hydrogens is 372 g/mol. The molecule has 2 aromatic rings. The Morgan fingerprint density at radius 3 is 2.07 bits per heavy atom. The van der Waals surface area contributed by atoms with Gasteiger partial charge in [0.05, 0.1) is 0 Å². The van der Waals surface area contributed by atoms with Gasteiger partial charge in [-0.3, -0.25) is 4.90 Å². The van der Waals surface area contributed by atoms with Crippen molar-refractivity contribution in [1.82, 2.24) is 9.80 Å². The number of carbonyl (C=O) groups excluding carboxylic acids is 1. The molecule has 2 aromatic carbocycles. The molecule has 3 rings (SSSR count). The fourth-order valence-electron chi connectivity index (χ4n) is 4.20. The topological polar surface area (TPSA) is 49.6 Å². The first-order chi connectivity index (χ1) is 14.0. The summed E-state index contributed by atoms with van der Waals surface area (Å²) in [4.78, 5) is 15.7. The summed E-state index contributed by atoms with van der Waals surface area (Å²) >= 11 is 0. The third kappa shape index (κ3) is 5.54. The molecule has 1 aliphatic heterocycles. The second-order valence-corrected chi connectivity index (χ2v) is 7.69. The molecule has 1 saturated heterocycles. The summed E-state index contributed by atoms with van der Waals surface area (Å²) in [5, 5.41) is 0. The second kappa shape index (κ2) is 9.83. The van der Waals surface area contributed by atoms with Crippen molar-refractivity contribution in [2.45, 2.75) is 38.1 Å². The van der Waals surface area contributed by atoms with Crippen molar-refractivity contribution in [2.75, 3.05) is 26.2 Å². The predicted molar refractivity (Wildman–Crippen MR) is 111 cm³/mol. The summed E-state index contributed by atoms with van der Waals surface area (Å²) in [6.45, 7) is 5.30. The van der Waals surface area contributed by atoms with Crippen LogP contribution in [-0.4, -0.2) is 48.1 Å². The van der Waals surface area contributed by atoms with Crippen LogP contribution in [0.2, 0.25) is 0 Å². The van der Waals surface area contributed by atoms with E-state index < -0.39 is 0 Å². The van der Waals surface area contributed by atoms with Gasteiger partial charge >= 0.3 is 6.03 Å². The Labute approximate surface area is 171 Å². The molecule has 0 bridgehead atoms. The SMILES string of the molecule is CCC1CN(CCCC(c2ccc(F)cc2)c2ccc(F)cc2)CCN1C(N)=O. The molecular formula is C23H29F2N3O. The number of benzene rings is 2. The van der Waals surface area contributed by atoms with Gasteiger partial charge in [0.15, 0.2) is 0 Å². The van der Waals surface area contributed by atoms with Crippen molar-refractivity contribution in [3.63, 3.8) is 0 Å². The van der Waals surface area contributed by atoms with Crippen LogP contribution < -0.4 is 5.73 Å². The third-order valence-electron chi connectivity index (χ3n) is 5.83. The molecule has 1 aliphatic rings. The molecule has 1 heterocycles. The minimum absolute atomic E-state index is 0.0880. The standard InChI is InChI=1S/C23H29F2N3O/c1-2-21-16-27(14-15-28(21)23(26)29)13-3-4-22(17-5-9-19(24)10-6-17)18-7-11-20(25)12-8-18/h5-12,21-22H,2-4,13-16H2,1H3,(H2,26,29). The number of nitrogens with two attached hydrogens (primary N) is 1. The Balaban J connectivity index is 1.64. The zero-order valence-corrected chi connectivity index (χ0v) is 16.9. The maximum absolute atomic E-state index is 13.4. The summed E-state index contributed by atoms with van der Waals surface area (Å²) in [6, 6.07) is 12.9. The Morgan fingerprint density at radius 2 is 1.59 bits per heavy atom. The number of nitrogens with zero attached hydrogens (tertiary/aromatic N) is 2. The van der Waals surface area contributed by atoms with Gasteiger partial charge < -0.3 is 10.6 Å². The van der Waals surface area contributed by atoms with Gasteiger partial charge in [-0.1, -0.05) is 31.2 Å². The highest BCUT2D eigenvalue weighted by atomic mass is 19.1. The van der Waals surface area contributed by atoms with Crippen molar-refractivity contribution in [2.24, 2.45) is 5.73 Å². The van der Waals surface area contributed by atoms with Gasteiger partial charge in [0.2, 0.25) is 0 Å². The maximum atomic E-state index is 13.4. The molecule has 0 aromatic heterocycles. The van der Waals surface area contributed by atoms with Gasteiger partial charge in [0.25, 0.3) is 0 Å². The molecule has 6 heteroatoms. The number of hydrogen-bond donors (Lipinski definition) is 1. The average molecular weight is 402 g/mol. The summed E-state index contributed by atoms with van der Waals surface area (Å²) in [6.07, 6.45) is 2.71. The van der Waals surface area contributed by atoms with Crippen LogP contribution in [0, 0.1) is 11.6 Å². The molecule has 0 spiro atoms. The summed E-state index contributed by atoms with van der Waals surface area (Å²) in [7, 11) is 0. The van der Waals surface area contributed by atoms with E-state index in [1.165, 1.54) is 24.3 Å². The van der Waals surface area contributed by atoms with Gasteiger partial charge in [-0.15, -0.1) is 0 Å². The summed E-state index contributed by atoms with van der Waals surface area (Å²) in [5.74, 6) is -0.431. The van der Waals surface area contributed by atoms with Crippen molar-refractivity contribution in [1.29, 1.82) is 0 Å². The molecule has 1 fully saturated rings. The highest BCUT2D eigenvalue weighted by Gasteiger charge is 2.27. The van der Waals surface area contributed by atoms with Gasteiger partial charge in [-0.2, -0.15) is 0 Å². The Hall–Kier alpha value is -2.47. The van der Waals surface area contributed by atoms with E-state index in [4.69, 9.17) is 5.73 Å². The van der Waals surface area contributed by atoms with E-state index in [9.17, 15) is 13.6 Å². The first-order valence-corrected chi connectivity index (χ1v) is 10.3. The smallest absolute Gasteiger partial charge is 0.315 e. The fraction of sp³-hybridized carbons (Fsp3) is 0.435. The van der Waals surface area contributed by atoms with Gasteiger partial charge in [0.1, 0.15) is 11.6 Å². The quantitative estimate of drug-likeness (QED) is 0.750. The van der Waals surface area contributed by atoms with E-state index in [0.717, 1.165) is 50.0 Å². The minimum Gasteiger partial charge on any atom is -0.351 e. The lowest BCUT2D eigenvalue weighted by atomic mass is 9.87. The predicted octanol–water partition coefficient (Wildman–Crippen LogP) is 4.35. The van der Waals surface area contributed by atoms with E-state index in [1.807, 2.05) is 24.3 Å². The van der Waals surface area contributed by atoms with E-state index >= 15 is 0 Å². The highest BCUT2D eigenvalue weighted by Crippen LogP contribution is 2.30. The van der Waals surface area contributed by atoms with Crippen LogP contribution >= 0.6 is 0 Å². The first-order valence-electron chi connectivity index (χ1n) is 10.3. The maximum Gasteiger partial charge on any atom is 0.315 e. The summed E-state index contributed by atoms with van der Waals surface area (Å²) in [5.41, 5.74) is 7.54. The van der Waals surface area contributed by atoms with Crippen LogP contribution in [0.5, 0.6) is 0 Å². The van der Waals surface area contributed by atoms with E-state index in [2.05, 4.69) is 11.8 Å². The number of amides is 2. The monoisotopic (exact) mass is 401 g/mol. The van der Waals surface area contributed by atoms with Crippen molar-refractivity contribution in [3.8, 4) is 0 Å². The molecule has 1 unspecified atom stereocenters. The molecule has 4 nitrogen and oxygen atoms in total. The van der Waals surface area contributed by atoms with Crippen LogP contribution in [0.4, 0.5) is 13.6 Å². The zero-order valence-electron chi connectivity index (χ0n) is 16.9. The first kappa shape index (κ1) is 21.2. The second-order valence-electron chi connectivity index (χ2n) is 7.69. The van der Waals surface area contributed by atoms with Gasteiger partial charge in [0, 0.05) is 31.6 Å². The van der Waals surface area contributed by atoms with Crippen molar-refractivity contribution < 1.29 is 13.6 Å². The van der Waals surface area contributed by atoms with Crippen molar-refractivity contribution >= 4 is 6.03 Å². The average Bonchev–Trinajstić information content (AvgIpc) is 2.72. The van der Waals surface area contributed by atoms with Crippen LogP contribution in [0.25, 0.3) is 0 Å². The Bertz CT molecular complexity index is 749.